The van der Waals surface area contributed by atoms with E-state index in [9.17, 15) is 18.0 Å². The van der Waals surface area contributed by atoms with Crippen LogP contribution in [0.1, 0.15) is 26.7 Å². The predicted molar refractivity (Wildman–Crippen MR) is 53.9 cm³/mol. The van der Waals surface area contributed by atoms with E-state index in [1.807, 2.05) is 13.8 Å². The van der Waals surface area contributed by atoms with Gasteiger partial charge in [0.1, 0.15) is 0 Å². The maximum Gasteiger partial charge on any atom is 0.389 e. The van der Waals surface area contributed by atoms with E-state index >= 15 is 0 Å². The Morgan fingerprint density at radius 2 is 1.81 bits per heavy atom. The molecule has 0 aromatic rings. The molecule has 0 radical (unpaired) electrons. The lowest BCUT2D eigenvalue weighted by Gasteiger charge is -2.36. The van der Waals surface area contributed by atoms with Gasteiger partial charge >= 0.3 is 6.18 Å². The van der Waals surface area contributed by atoms with Gasteiger partial charge < -0.3 is 10.2 Å². The van der Waals surface area contributed by atoms with Crippen LogP contribution in [0.25, 0.3) is 0 Å². The van der Waals surface area contributed by atoms with Crippen LogP contribution < -0.4 is 5.32 Å². The van der Waals surface area contributed by atoms with Gasteiger partial charge in [-0.15, -0.1) is 0 Å². The normalized spacial score (nSPS) is 26.9. The van der Waals surface area contributed by atoms with Crippen LogP contribution in [0, 0.1) is 0 Å². The first-order valence-corrected chi connectivity index (χ1v) is 5.38. The van der Waals surface area contributed by atoms with Crippen LogP contribution in [0.4, 0.5) is 13.2 Å². The summed E-state index contributed by atoms with van der Waals surface area (Å²) in [5, 5.41) is 3.22. The molecule has 1 aliphatic heterocycles. The monoisotopic (exact) mass is 238 g/mol. The highest BCUT2D eigenvalue weighted by atomic mass is 19.4. The van der Waals surface area contributed by atoms with Crippen LogP contribution in [-0.2, 0) is 4.79 Å². The molecule has 16 heavy (non-hydrogen) atoms. The van der Waals surface area contributed by atoms with Crippen LogP contribution in [-0.4, -0.2) is 42.2 Å². The van der Waals surface area contributed by atoms with Gasteiger partial charge in [0.25, 0.3) is 0 Å². The van der Waals surface area contributed by atoms with E-state index in [-0.39, 0.29) is 12.1 Å². The lowest BCUT2D eigenvalue weighted by atomic mass is 10.1. The van der Waals surface area contributed by atoms with Gasteiger partial charge in [0.05, 0.1) is 6.42 Å². The first-order valence-electron chi connectivity index (χ1n) is 5.38. The molecule has 1 amide bonds. The summed E-state index contributed by atoms with van der Waals surface area (Å²) in [6, 6.07) is 0.275. The smallest absolute Gasteiger partial charge is 0.340 e. The summed E-state index contributed by atoms with van der Waals surface area (Å²) < 4.78 is 35.9. The van der Waals surface area contributed by atoms with Gasteiger partial charge in [0, 0.05) is 31.6 Å². The summed E-state index contributed by atoms with van der Waals surface area (Å²) in [6.45, 7) is 4.81. The molecule has 0 spiro atoms. The van der Waals surface area contributed by atoms with Crippen LogP contribution in [0.5, 0.6) is 0 Å². The Kier molecular flexibility index (Phi) is 4.18. The third kappa shape index (κ3) is 4.38. The third-order valence-electron chi connectivity index (χ3n) is 2.53. The quantitative estimate of drug-likeness (QED) is 0.791. The van der Waals surface area contributed by atoms with Crippen molar-refractivity contribution in [3.05, 3.63) is 0 Å². The van der Waals surface area contributed by atoms with Crippen molar-refractivity contribution in [3.8, 4) is 0 Å². The summed E-state index contributed by atoms with van der Waals surface area (Å²) in [6.07, 6.45) is -5.72. The Morgan fingerprint density at radius 3 is 2.25 bits per heavy atom. The number of piperazine rings is 1. The molecule has 94 valence electrons. The zero-order valence-electron chi connectivity index (χ0n) is 9.47. The summed E-state index contributed by atoms with van der Waals surface area (Å²) >= 11 is 0. The van der Waals surface area contributed by atoms with Gasteiger partial charge in [0.2, 0.25) is 5.91 Å². The number of rotatable bonds is 2. The number of hydrogen-bond acceptors (Lipinski definition) is 2. The Labute approximate surface area is 93.0 Å². The minimum absolute atomic E-state index is 0.138. The Hall–Kier alpha value is -0.780. The van der Waals surface area contributed by atoms with Crippen molar-refractivity contribution in [1.82, 2.24) is 10.2 Å². The third-order valence-corrected chi connectivity index (χ3v) is 2.53. The fourth-order valence-electron chi connectivity index (χ4n) is 1.94. The second kappa shape index (κ2) is 5.03. The average molecular weight is 238 g/mol. The van der Waals surface area contributed by atoms with Crippen molar-refractivity contribution < 1.29 is 18.0 Å². The highest BCUT2D eigenvalue weighted by Gasteiger charge is 2.31. The van der Waals surface area contributed by atoms with E-state index in [4.69, 9.17) is 0 Å². The van der Waals surface area contributed by atoms with Gasteiger partial charge in [-0.3, -0.25) is 4.79 Å². The molecule has 0 aliphatic carbocycles. The molecule has 1 N–H and O–H groups in total. The maximum atomic E-state index is 12.0. The number of alkyl halides is 3. The molecule has 1 fully saturated rings. The van der Waals surface area contributed by atoms with Crippen LogP contribution in [0.3, 0.4) is 0 Å². The van der Waals surface area contributed by atoms with Crippen molar-refractivity contribution in [2.75, 3.05) is 13.1 Å². The highest BCUT2D eigenvalue weighted by Crippen LogP contribution is 2.22. The minimum Gasteiger partial charge on any atom is -0.340 e. The van der Waals surface area contributed by atoms with Gasteiger partial charge in [-0.1, -0.05) is 0 Å². The molecule has 0 aromatic heterocycles. The average Bonchev–Trinajstić information content (AvgIpc) is 2.11. The molecule has 0 aromatic carbocycles. The molecule has 6 heteroatoms. The van der Waals surface area contributed by atoms with Crippen LogP contribution >= 0.6 is 0 Å². The van der Waals surface area contributed by atoms with E-state index in [0.717, 1.165) is 0 Å². The van der Waals surface area contributed by atoms with Gasteiger partial charge in [-0.2, -0.15) is 13.2 Å². The first-order chi connectivity index (χ1) is 7.28. The molecule has 1 aliphatic rings. The van der Waals surface area contributed by atoms with E-state index in [1.54, 1.807) is 0 Å². The number of halogens is 3. The summed E-state index contributed by atoms with van der Waals surface area (Å²) in [5.74, 6) is -0.405. The van der Waals surface area contributed by atoms with Crippen molar-refractivity contribution in [3.63, 3.8) is 0 Å². The fourth-order valence-corrected chi connectivity index (χ4v) is 1.94. The van der Waals surface area contributed by atoms with Crippen molar-refractivity contribution in [2.24, 2.45) is 0 Å². The zero-order chi connectivity index (χ0) is 12.3. The number of hydrogen-bond donors (Lipinski definition) is 1. The van der Waals surface area contributed by atoms with Crippen molar-refractivity contribution in [2.45, 2.75) is 44.9 Å². The first kappa shape index (κ1) is 13.3. The standard InChI is InChI=1S/C10H17F3N2O/c1-7-5-15(6-8(2)14-7)9(16)3-4-10(11,12)13/h7-8,14H,3-6H2,1-2H3. The minimum atomic E-state index is -4.25. The molecule has 1 saturated heterocycles. The molecular weight excluding hydrogens is 221 g/mol. The number of nitrogens with zero attached hydrogens (tertiary/aromatic N) is 1. The molecule has 1 rings (SSSR count). The fraction of sp³-hybridized carbons (Fsp3) is 0.900. The van der Waals surface area contributed by atoms with E-state index in [0.29, 0.717) is 13.1 Å². The van der Waals surface area contributed by atoms with E-state index in [1.165, 1.54) is 4.90 Å². The lowest BCUT2D eigenvalue weighted by molar-refractivity contribution is -0.150. The van der Waals surface area contributed by atoms with E-state index < -0.39 is 24.9 Å². The van der Waals surface area contributed by atoms with Gasteiger partial charge in [-0.05, 0) is 13.8 Å². The number of carbonyl (C=O) groups excluding carboxylic acids is 1. The van der Waals surface area contributed by atoms with Crippen molar-refractivity contribution in [1.29, 1.82) is 0 Å². The largest absolute Gasteiger partial charge is 0.389 e. The highest BCUT2D eigenvalue weighted by molar-refractivity contribution is 5.76. The van der Waals surface area contributed by atoms with Crippen molar-refractivity contribution >= 4 is 5.91 Å². The second-order valence-corrected chi connectivity index (χ2v) is 4.38. The van der Waals surface area contributed by atoms with Gasteiger partial charge in [0.15, 0.2) is 0 Å². The Balaban J connectivity index is 2.41. The summed E-state index contributed by atoms with van der Waals surface area (Å²) in [5.41, 5.74) is 0. The van der Waals surface area contributed by atoms with Crippen LogP contribution in [0.2, 0.25) is 0 Å². The molecule has 0 saturated carbocycles. The van der Waals surface area contributed by atoms with Crippen LogP contribution in [0.15, 0.2) is 0 Å². The number of amides is 1. The maximum absolute atomic E-state index is 12.0. The number of nitrogens with one attached hydrogen (secondary N) is 1. The zero-order valence-corrected chi connectivity index (χ0v) is 9.47. The Bertz CT molecular complexity index is 245. The molecular formula is C10H17F3N2O. The topological polar surface area (TPSA) is 32.3 Å². The summed E-state index contributed by atoms with van der Waals surface area (Å²) in [4.78, 5) is 13.0. The molecule has 3 nitrogen and oxygen atoms in total. The predicted octanol–water partition coefficient (Wildman–Crippen LogP) is 1.54. The molecule has 0 bridgehead atoms. The molecule has 2 atom stereocenters. The summed E-state index contributed by atoms with van der Waals surface area (Å²) in [7, 11) is 0. The Morgan fingerprint density at radius 1 is 1.31 bits per heavy atom. The molecule has 1 heterocycles. The van der Waals surface area contributed by atoms with Gasteiger partial charge in [-0.25, -0.2) is 0 Å². The van der Waals surface area contributed by atoms with E-state index in [2.05, 4.69) is 5.32 Å². The second-order valence-electron chi connectivity index (χ2n) is 4.38. The lowest BCUT2D eigenvalue weighted by Crippen LogP contribution is -2.55. The SMILES string of the molecule is CC1CN(C(=O)CCC(F)(F)F)CC(C)N1. The molecule has 2 unspecified atom stereocenters. The number of carbonyl (C=O) groups is 1.